The lowest BCUT2D eigenvalue weighted by Gasteiger charge is -2.02. The molecule has 0 aromatic heterocycles. The molecule has 0 aromatic carbocycles. The van der Waals surface area contributed by atoms with Gasteiger partial charge in [-0.3, -0.25) is 0 Å². The van der Waals surface area contributed by atoms with E-state index in [-0.39, 0.29) is 18.0 Å². The molecule has 1 saturated heterocycles. The van der Waals surface area contributed by atoms with Crippen molar-refractivity contribution in [3.8, 4) is 0 Å². The fraction of sp³-hybridized carbons (Fsp3) is 0.625. The Bertz CT molecular complexity index is 222. The molecule has 0 saturated carbocycles. The number of carbonyl (C=O) groups excluding carboxylic acids is 1. The number of hydrogen-bond donors (Lipinski definition) is 1. The molecular weight excluding hydrogens is 158 g/mol. The SMILES string of the molecule is CCO/C(N)=C1\CC(C)OC1=O. The van der Waals surface area contributed by atoms with E-state index in [1.54, 1.807) is 0 Å². The van der Waals surface area contributed by atoms with Gasteiger partial charge in [0.05, 0.1) is 6.61 Å². The third kappa shape index (κ3) is 1.69. The molecule has 0 aliphatic carbocycles. The average Bonchev–Trinajstić information content (AvgIpc) is 2.30. The number of cyclic esters (lactones) is 1. The van der Waals surface area contributed by atoms with Crippen LogP contribution in [0.15, 0.2) is 11.5 Å². The van der Waals surface area contributed by atoms with Crippen molar-refractivity contribution in [1.29, 1.82) is 0 Å². The molecule has 0 aromatic rings. The zero-order valence-corrected chi connectivity index (χ0v) is 7.29. The summed E-state index contributed by atoms with van der Waals surface area (Å²) in [5.74, 6) is -0.152. The van der Waals surface area contributed by atoms with E-state index in [0.29, 0.717) is 18.6 Å². The summed E-state index contributed by atoms with van der Waals surface area (Å²) < 4.78 is 9.89. The molecule has 1 aliphatic heterocycles. The third-order valence-corrected chi connectivity index (χ3v) is 1.64. The topological polar surface area (TPSA) is 61.6 Å². The Hall–Kier alpha value is -1.19. The van der Waals surface area contributed by atoms with Crippen molar-refractivity contribution in [2.24, 2.45) is 5.73 Å². The number of carbonyl (C=O) groups is 1. The van der Waals surface area contributed by atoms with Crippen LogP contribution >= 0.6 is 0 Å². The number of rotatable bonds is 2. The van der Waals surface area contributed by atoms with E-state index in [9.17, 15) is 4.79 Å². The highest BCUT2D eigenvalue weighted by Gasteiger charge is 2.28. The fourth-order valence-electron chi connectivity index (χ4n) is 1.11. The van der Waals surface area contributed by atoms with Crippen LogP contribution in [0.5, 0.6) is 0 Å². The largest absolute Gasteiger partial charge is 0.479 e. The number of ether oxygens (including phenoxy) is 2. The first kappa shape index (κ1) is 8.90. The van der Waals surface area contributed by atoms with E-state index >= 15 is 0 Å². The van der Waals surface area contributed by atoms with Gasteiger partial charge in [-0.05, 0) is 13.8 Å². The smallest absolute Gasteiger partial charge is 0.339 e. The van der Waals surface area contributed by atoms with Crippen LogP contribution in [0.2, 0.25) is 0 Å². The van der Waals surface area contributed by atoms with Crippen molar-refractivity contribution in [2.75, 3.05) is 6.61 Å². The Labute approximate surface area is 71.3 Å². The van der Waals surface area contributed by atoms with Gasteiger partial charge in [0.25, 0.3) is 0 Å². The lowest BCUT2D eigenvalue weighted by Crippen LogP contribution is -2.10. The molecule has 1 unspecified atom stereocenters. The average molecular weight is 171 g/mol. The Morgan fingerprint density at radius 1 is 1.83 bits per heavy atom. The standard InChI is InChI=1S/C8H13NO3/c1-3-11-7(9)6-4-5(2)12-8(6)10/h5H,3-4,9H2,1-2H3/b7-6+. The normalized spacial score (nSPS) is 26.8. The Balaban J connectivity index is 2.73. The van der Waals surface area contributed by atoms with Crippen LogP contribution in [-0.2, 0) is 14.3 Å². The minimum Gasteiger partial charge on any atom is -0.479 e. The van der Waals surface area contributed by atoms with E-state index in [2.05, 4.69) is 0 Å². The second-order valence-corrected chi connectivity index (χ2v) is 2.70. The molecule has 68 valence electrons. The summed E-state index contributed by atoms with van der Waals surface area (Å²) in [5.41, 5.74) is 5.96. The first-order valence-electron chi connectivity index (χ1n) is 3.97. The summed E-state index contributed by atoms with van der Waals surface area (Å²) in [5, 5.41) is 0. The summed E-state index contributed by atoms with van der Waals surface area (Å²) in [6, 6.07) is 0. The molecule has 1 heterocycles. The Kier molecular flexibility index (Phi) is 2.58. The Morgan fingerprint density at radius 2 is 2.50 bits per heavy atom. The maximum absolute atomic E-state index is 11.1. The van der Waals surface area contributed by atoms with Crippen LogP contribution < -0.4 is 5.73 Å². The van der Waals surface area contributed by atoms with Gasteiger partial charge in [0.15, 0.2) is 5.88 Å². The van der Waals surface area contributed by atoms with Crippen LogP contribution in [0, 0.1) is 0 Å². The van der Waals surface area contributed by atoms with E-state index in [4.69, 9.17) is 15.2 Å². The predicted molar refractivity (Wildman–Crippen MR) is 43.0 cm³/mol. The van der Waals surface area contributed by atoms with Crippen molar-refractivity contribution in [2.45, 2.75) is 26.4 Å². The van der Waals surface area contributed by atoms with Crippen LogP contribution in [0.4, 0.5) is 0 Å². The van der Waals surface area contributed by atoms with Crippen molar-refractivity contribution in [3.05, 3.63) is 11.5 Å². The number of nitrogens with two attached hydrogens (primary N) is 1. The highest BCUT2D eigenvalue weighted by atomic mass is 16.6. The van der Waals surface area contributed by atoms with Crippen molar-refractivity contribution < 1.29 is 14.3 Å². The molecule has 2 N–H and O–H groups in total. The summed E-state index contributed by atoms with van der Waals surface area (Å²) in [6.07, 6.45) is 0.469. The lowest BCUT2D eigenvalue weighted by atomic mass is 10.2. The van der Waals surface area contributed by atoms with Gasteiger partial charge in [-0.25, -0.2) is 4.79 Å². The van der Waals surface area contributed by atoms with Gasteiger partial charge in [-0.1, -0.05) is 0 Å². The monoisotopic (exact) mass is 171 g/mol. The summed E-state index contributed by atoms with van der Waals surface area (Å²) in [7, 11) is 0. The predicted octanol–water partition coefficient (Wildman–Crippen LogP) is 0.529. The molecule has 4 heteroatoms. The van der Waals surface area contributed by atoms with Crippen LogP contribution in [0.1, 0.15) is 20.3 Å². The van der Waals surface area contributed by atoms with Gasteiger partial charge in [0.2, 0.25) is 0 Å². The highest BCUT2D eigenvalue weighted by Crippen LogP contribution is 2.21. The van der Waals surface area contributed by atoms with Gasteiger partial charge in [-0.2, -0.15) is 0 Å². The van der Waals surface area contributed by atoms with Gasteiger partial charge < -0.3 is 15.2 Å². The van der Waals surface area contributed by atoms with E-state index in [0.717, 1.165) is 0 Å². The minimum absolute atomic E-state index is 0.0773. The van der Waals surface area contributed by atoms with Crippen LogP contribution in [0.3, 0.4) is 0 Å². The molecular formula is C8H13NO3. The summed E-state index contributed by atoms with van der Waals surface area (Å²) in [6.45, 7) is 4.11. The van der Waals surface area contributed by atoms with E-state index in [1.165, 1.54) is 0 Å². The number of esters is 1. The molecule has 0 radical (unpaired) electrons. The maximum Gasteiger partial charge on any atom is 0.339 e. The first-order chi connectivity index (χ1) is 5.65. The molecule has 4 nitrogen and oxygen atoms in total. The van der Waals surface area contributed by atoms with Crippen molar-refractivity contribution >= 4 is 5.97 Å². The maximum atomic E-state index is 11.1. The summed E-state index contributed by atoms with van der Waals surface area (Å²) >= 11 is 0. The third-order valence-electron chi connectivity index (χ3n) is 1.64. The van der Waals surface area contributed by atoms with Gasteiger partial charge in [0.1, 0.15) is 11.7 Å². The van der Waals surface area contributed by atoms with Gasteiger partial charge in [-0.15, -0.1) is 0 Å². The zero-order valence-electron chi connectivity index (χ0n) is 7.29. The zero-order chi connectivity index (χ0) is 9.14. The highest BCUT2D eigenvalue weighted by molar-refractivity contribution is 5.91. The molecule has 1 atom stereocenters. The molecule has 1 rings (SSSR count). The minimum atomic E-state index is -0.353. The van der Waals surface area contributed by atoms with E-state index in [1.807, 2.05) is 13.8 Å². The quantitative estimate of drug-likeness (QED) is 0.374. The van der Waals surface area contributed by atoms with Crippen molar-refractivity contribution in [3.63, 3.8) is 0 Å². The Morgan fingerprint density at radius 3 is 2.92 bits per heavy atom. The molecule has 0 amide bonds. The fourth-order valence-corrected chi connectivity index (χ4v) is 1.11. The molecule has 0 spiro atoms. The van der Waals surface area contributed by atoms with Gasteiger partial charge in [0, 0.05) is 6.42 Å². The molecule has 1 aliphatic rings. The second kappa shape index (κ2) is 3.47. The first-order valence-corrected chi connectivity index (χ1v) is 3.97. The van der Waals surface area contributed by atoms with E-state index < -0.39 is 0 Å². The van der Waals surface area contributed by atoms with Crippen molar-refractivity contribution in [1.82, 2.24) is 0 Å². The molecule has 1 fully saturated rings. The summed E-state index contributed by atoms with van der Waals surface area (Å²) in [4.78, 5) is 11.1. The van der Waals surface area contributed by atoms with Crippen LogP contribution in [-0.4, -0.2) is 18.7 Å². The molecule has 12 heavy (non-hydrogen) atoms. The number of hydrogen-bond acceptors (Lipinski definition) is 4. The lowest BCUT2D eigenvalue weighted by molar-refractivity contribution is -0.138. The second-order valence-electron chi connectivity index (χ2n) is 2.70. The van der Waals surface area contributed by atoms with Gasteiger partial charge >= 0.3 is 5.97 Å². The molecule has 0 bridgehead atoms. The van der Waals surface area contributed by atoms with Crippen LogP contribution in [0.25, 0.3) is 0 Å².